The molecule has 0 aliphatic carbocycles. The van der Waals surface area contributed by atoms with Gasteiger partial charge in [0.05, 0.1) is 19.7 Å². The zero-order valence-electron chi connectivity index (χ0n) is 19.0. The molecule has 2 aromatic rings. The topological polar surface area (TPSA) is 53.9 Å². The Morgan fingerprint density at radius 2 is 2.00 bits per heavy atom. The highest BCUT2D eigenvalue weighted by atomic mass is 16.5. The third-order valence-electron chi connectivity index (χ3n) is 6.01. The van der Waals surface area contributed by atoms with Crippen molar-refractivity contribution in [3.05, 3.63) is 58.7 Å². The molecule has 1 amide bonds. The first-order valence-electron chi connectivity index (χ1n) is 10.6. The molecule has 1 unspecified atom stereocenters. The number of nitrogens with zero attached hydrogens (tertiary/aromatic N) is 2. The van der Waals surface area contributed by atoms with Gasteiger partial charge in [0.15, 0.2) is 0 Å². The number of methoxy groups -OCH3 is 1. The van der Waals surface area contributed by atoms with Crippen LogP contribution in [0.5, 0.6) is 5.75 Å². The smallest absolute Gasteiger partial charge is 0.244 e. The molecular weight excluding hydrogens is 374 g/mol. The second-order valence-corrected chi connectivity index (χ2v) is 8.75. The van der Waals surface area contributed by atoms with Gasteiger partial charge in [-0.1, -0.05) is 19.1 Å². The number of hydrogen-bond donors (Lipinski definition) is 1. The molecule has 2 aromatic carbocycles. The number of hydrogen-bond acceptors (Lipinski definition) is 4. The number of amides is 1. The highest BCUT2D eigenvalue weighted by molar-refractivity contribution is 5.86. The van der Waals surface area contributed by atoms with Crippen molar-refractivity contribution >= 4 is 17.8 Å². The third kappa shape index (κ3) is 4.66. The lowest BCUT2D eigenvalue weighted by Gasteiger charge is -2.47. The molecular formula is C25H33N3O2. The number of carbonyl (C=O) groups is 1. The summed E-state index contributed by atoms with van der Waals surface area (Å²) in [5.74, 6) is 1.12. The molecule has 0 saturated carbocycles. The first-order chi connectivity index (χ1) is 14.2. The van der Waals surface area contributed by atoms with Gasteiger partial charge in [-0.2, -0.15) is 5.10 Å². The quantitative estimate of drug-likeness (QED) is 0.552. The summed E-state index contributed by atoms with van der Waals surface area (Å²) in [6.07, 6.45) is 3.15. The molecule has 0 aromatic heterocycles. The molecule has 160 valence electrons. The molecule has 0 fully saturated rings. The Labute approximate surface area is 180 Å². The molecule has 1 aliphatic heterocycles. The van der Waals surface area contributed by atoms with Crippen molar-refractivity contribution in [1.82, 2.24) is 5.43 Å². The number of aryl methyl sites for hydroxylation is 1. The van der Waals surface area contributed by atoms with Crippen molar-refractivity contribution < 1.29 is 9.53 Å². The molecule has 5 nitrogen and oxygen atoms in total. The Morgan fingerprint density at radius 3 is 2.63 bits per heavy atom. The highest BCUT2D eigenvalue weighted by Crippen LogP contribution is 2.43. The minimum absolute atomic E-state index is 0.140. The lowest BCUT2D eigenvalue weighted by Crippen LogP contribution is -2.48. The number of anilines is 1. The maximum absolute atomic E-state index is 12.2. The predicted molar refractivity (Wildman–Crippen MR) is 124 cm³/mol. The monoisotopic (exact) mass is 407 g/mol. The van der Waals surface area contributed by atoms with E-state index < -0.39 is 0 Å². The van der Waals surface area contributed by atoms with Crippen molar-refractivity contribution in [3.8, 4) is 5.75 Å². The first-order valence-corrected chi connectivity index (χ1v) is 10.6. The number of hydrazone groups is 1. The summed E-state index contributed by atoms with van der Waals surface area (Å²) in [5, 5.41) is 4.21. The maximum Gasteiger partial charge on any atom is 0.244 e. The average Bonchev–Trinajstić information content (AvgIpc) is 2.69. The molecule has 0 saturated heterocycles. The van der Waals surface area contributed by atoms with Gasteiger partial charge in [-0.15, -0.1) is 0 Å². The summed E-state index contributed by atoms with van der Waals surface area (Å²) in [4.78, 5) is 14.7. The number of benzene rings is 2. The van der Waals surface area contributed by atoms with Crippen LogP contribution in [0.2, 0.25) is 0 Å². The standard InChI is InChI=1S/C25H33N3O2/c1-7-28-23-12-17(2)20(14-22(23)18(3)15-25(28,4)5)16-26-27-24(29)13-19-8-10-21(30-6)11-9-19/h8-12,14,16,18H,7,13,15H2,1-6H3,(H,27,29)/b26-16-. The van der Waals surface area contributed by atoms with Crippen molar-refractivity contribution in [1.29, 1.82) is 0 Å². The van der Waals surface area contributed by atoms with Crippen LogP contribution in [0.25, 0.3) is 0 Å². The van der Waals surface area contributed by atoms with Crippen LogP contribution in [-0.2, 0) is 11.2 Å². The summed E-state index contributed by atoms with van der Waals surface area (Å²) in [7, 11) is 1.63. The lowest BCUT2D eigenvalue weighted by atomic mass is 9.79. The zero-order valence-corrected chi connectivity index (χ0v) is 19.0. The van der Waals surface area contributed by atoms with Gasteiger partial charge < -0.3 is 9.64 Å². The predicted octanol–water partition coefficient (Wildman–Crippen LogP) is 4.81. The number of ether oxygens (including phenoxy) is 1. The first kappa shape index (κ1) is 21.9. The zero-order chi connectivity index (χ0) is 21.9. The van der Waals surface area contributed by atoms with Gasteiger partial charge in [-0.05, 0) is 86.6 Å². The van der Waals surface area contributed by atoms with E-state index in [1.54, 1.807) is 13.3 Å². The highest BCUT2D eigenvalue weighted by Gasteiger charge is 2.35. The van der Waals surface area contributed by atoms with E-state index in [0.717, 1.165) is 35.4 Å². The van der Waals surface area contributed by atoms with E-state index >= 15 is 0 Å². The number of fused-ring (bicyclic) bond motifs is 1. The van der Waals surface area contributed by atoms with Gasteiger partial charge in [-0.25, -0.2) is 5.43 Å². The average molecular weight is 408 g/mol. The van der Waals surface area contributed by atoms with Crippen LogP contribution in [0.4, 0.5) is 5.69 Å². The second-order valence-electron chi connectivity index (χ2n) is 8.75. The van der Waals surface area contributed by atoms with Crippen molar-refractivity contribution in [2.45, 2.75) is 58.9 Å². The van der Waals surface area contributed by atoms with E-state index in [4.69, 9.17) is 4.74 Å². The Balaban J connectivity index is 1.71. The number of nitrogens with one attached hydrogen (secondary N) is 1. The Kier molecular flexibility index (Phi) is 6.49. The molecule has 30 heavy (non-hydrogen) atoms. The van der Waals surface area contributed by atoms with Crippen molar-refractivity contribution in [2.75, 3.05) is 18.6 Å². The van der Waals surface area contributed by atoms with E-state index in [9.17, 15) is 4.79 Å². The van der Waals surface area contributed by atoms with Crippen LogP contribution >= 0.6 is 0 Å². The molecule has 1 heterocycles. The summed E-state index contributed by atoms with van der Waals surface area (Å²) in [6, 6.07) is 12.0. The molecule has 1 N–H and O–H groups in total. The molecule has 3 rings (SSSR count). The number of carbonyl (C=O) groups excluding carboxylic acids is 1. The van der Waals surface area contributed by atoms with E-state index in [2.05, 4.69) is 62.2 Å². The maximum atomic E-state index is 12.2. The van der Waals surface area contributed by atoms with Crippen LogP contribution in [0.3, 0.4) is 0 Å². The fourth-order valence-electron chi connectivity index (χ4n) is 4.53. The van der Waals surface area contributed by atoms with Gasteiger partial charge >= 0.3 is 0 Å². The lowest BCUT2D eigenvalue weighted by molar-refractivity contribution is -0.120. The van der Waals surface area contributed by atoms with E-state index in [1.807, 2.05) is 24.3 Å². The van der Waals surface area contributed by atoms with E-state index in [-0.39, 0.29) is 17.9 Å². The fraction of sp³-hybridized carbons (Fsp3) is 0.440. The van der Waals surface area contributed by atoms with Crippen LogP contribution in [-0.4, -0.2) is 31.3 Å². The van der Waals surface area contributed by atoms with Gasteiger partial charge in [-0.3, -0.25) is 4.79 Å². The fourth-order valence-corrected chi connectivity index (χ4v) is 4.53. The normalized spacial score (nSPS) is 17.7. The molecule has 1 aliphatic rings. The van der Waals surface area contributed by atoms with Gasteiger partial charge in [0, 0.05) is 17.8 Å². The van der Waals surface area contributed by atoms with Crippen LogP contribution in [0, 0.1) is 6.92 Å². The Bertz CT molecular complexity index is 932. The van der Waals surface area contributed by atoms with Crippen molar-refractivity contribution in [2.24, 2.45) is 5.10 Å². The minimum Gasteiger partial charge on any atom is -0.497 e. The summed E-state index contributed by atoms with van der Waals surface area (Å²) >= 11 is 0. The largest absolute Gasteiger partial charge is 0.497 e. The molecule has 0 spiro atoms. The van der Waals surface area contributed by atoms with E-state index in [1.165, 1.54) is 11.3 Å². The second kappa shape index (κ2) is 8.90. The van der Waals surface area contributed by atoms with Crippen LogP contribution < -0.4 is 15.1 Å². The number of rotatable bonds is 6. The van der Waals surface area contributed by atoms with E-state index in [0.29, 0.717) is 5.92 Å². The van der Waals surface area contributed by atoms with Gasteiger partial charge in [0.25, 0.3) is 0 Å². The summed E-state index contributed by atoms with van der Waals surface area (Å²) in [5.41, 5.74) is 8.59. The minimum atomic E-state index is -0.140. The Hall–Kier alpha value is -2.82. The van der Waals surface area contributed by atoms with Gasteiger partial charge in [0.1, 0.15) is 5.75 Å². The third-order valence-corrected chi connectivity index (χ3v) is 6.01. The molecule has 0 radical (unpaired) electrons. The molecule has 0 bridgehead atoms. The van der Waals surface area contributed by atoms with Gasteiger partial charge in [0.2, 0.25) is 5.91 Å². The SMILES string of the molecule is CCN1c2cc(C)c(/C=N\NC(=O)Cc3ccc(OC)cc3)cc2C(C)CC1(C)C. The molecule has 5 heteroatoms. The van der Waals surface area contributed by atoms with Crippen LogP contribution in [0.1, 0.15) is 62.3 Å². The van der Waals surface area contributed by atoms with Crippen LogP contribution in [0.15, 0.2) is 41.5 Å². The van der Waals surface area contributed by atoms with Crippen molar-refractivity contribution in [3.63, 3.8) is 0 Å². The Morgan fingerprint density at radius 1 is 1.30 bits per heavy atom. The molecule has 1 atom stereocenters. The summed E-state index contributed by atoms with van der Waals surface area (Å²) in [6.45, 7) is 12.2. The summed E-state index contributed by atoms with van der Waals surface area (Å²) < 4.78 is 5.14.